The Bertz CT molecular complexity index is 530. The summed E-state index contributed by atoms with van der Waals surface area (Å²) in [6.07, 6.45) is 7.85. The van der Waals surface area contributed by atoms with Crippen molar-refractivity contribution in [3.8, 4) is 0 Å². The minimum Gasteiger partial charge on any atom is -0.382 e. The lowest BCUT2D eigenvalue weighted by Gasteiger charge is -2.26. The molecule has 2 heterocycles. The maximum atomic E-state index is 5.89. The van der Waals surface area contributed by atoms with E-state index in [1.165, 1.54) is 12.8 Å². The van der Waals surface area contributed by atoms with Crippen molar-refractivity contribution in [2.45, 2.75) is 33.6 Å². The van der Waals surface area contributed by atoms with Crippen molar-refractivity contribution < 1.29 is 0 Å². The fourth-order valence-electron chi connectivity index (χ4n) is 2.37. The first-order valence-electron chi connectivity index (χ1n) is 7.03. The molecule has 0 atom stereocenters. The molecule has 0 bridgehead atoms. The smallest absolute Gasteiger partial charge is 0.180 e. The number of nitrogens with two attached hydrogens (primary N) is 1. The van der Waals surface area contributed by atoms with Gasteiger partial charge in [0, 0.05) is 25.5 Å². The summed E-state index contributed by atoms with van der Waals surface area (Å²) in [6, 6.07) is 0. The van der Waals surface area contributed by atoms with Crippen molar-refractivity contribution in [1.82, 2.24) is 14.4 Å². The molecule has 0 unspecified atom stereocenters. The predicted molar refractivity (Wildman–Crippen MR) is 79.4 cm³/mol. The molecule has 0 aliphatic rings. The zero-order valence-electron chi connectivity index (χ0n) is 12.0. The minimum absolute atomic E-state index is 0.531. The van der Waals surface area contributed by atoms with Crippen LogP contribution in [-0.2, 0) is 0 Å². The average Bonchev–Trinajstić information content (AvgIpc) is 2.87. The summed E-state index contributed by atoms with van der Waals surface area (Å²) in [5.41, 5.74) is 6.76. The lowest BCUT2D eigenvalue weighted by molar-refractivity contribution is 0.485. The van der Waals surface area contributed by atoms with Gasteiger partial charge in [0.25, 0.3) is 0 Å². The Morgan fingerprint density at radius 2 is 2.05 bits per heavy atom. The standard InChI is InChI=1S/C14H23N5/c1-4-11(5-2)9-18(6-3)14-13-16-7-8-19(13)10-12(15)17-14/h7-8,10-11H,4-6,9,15H2,1-3H3. The molecular weight excluding hydrogens is 238 g/mol. The van der Waals surface area contributed by atoms with Gasteiger partial charge in [0.2, 0.25) is 0 Å². The van der Waals surface area contributed by atoms with Crippen molar-refractivity contribution >= 4 is 17.3 Å². The molecule has 0 saturated carbocycles. The number of rotatable bonds is 6. The third kappa shape index (κ3) is 2.80. The van der Waals surface area contributed by atoms with E-state index in [9.17, 15) is 0 Å². The van der Waals surface area contributed by atoms with Crippen LogP contribution in [0.25, 0.3) is 5.65 Å². The number of fused-ring (bicyclic) bond motifs is 1. The highest BCUT2D eigenvalue weighted by Crippen LogP contribution is 2.22. The number of anilines is 2. The monoisotopic (exact) mass is 261 g/mol. The van der Waals surface area contributed by atoms with Gasteiger partial charge in [-0.15, -0.1) is 0 Å². The van der Waals surface area contributed by atoms with Crippen molar-refractivity contribution in [3.05, 3.63) is 18.6 Å². The summed E-state index contributed by atoms with van der Waals surface area (Å²) in [5.74, 6) is 2.10. The van der Waals surface area contributed by atoms with Crippen molar-refractivity contribution in [1.29, 1.82) is 0 Å². The van der Waals surface area contributed by atoms with Crippen molar-refractivity contribution in [2.75, 3.05) is 23.7 Å². The summed E-state index contributed by atoms with van der Waals surface area (Å²) >= 11 is 0. The lowest BCUT2D eigenvalue weighted by atomic mass is 10.0. The van der Waals surface area contributed by atoms with Crippen molar-refractivity contribution in [2.24, 2.45) is 5.92 Å². The van der Waals surface area contributed by atoms with Gasteiger partial charge in [0.1, 0.15) is 5.82 Å². The summed E-state index contributed by atoms with van der Waals surface area (Å²) in [5, 5.41) is 0. The number of imidazole rings is 1. The summed E-state index contributed by atoms with van der Waals surface area (Å²) in [4.78, 5) is 11.2. The molecule has 0 aromatic carbocycles. The molecule has 0 saturated heterocycles. The van der Waals surface area contributed by atoms with Crippen LogP contribution in [0.4, 0.5) is 11.6 Å². The second kappa shape index (κ2) is 5.91. The van der Waals surface area contributed by atoms with E-state index in [1.807, 2.05) is 10.6 Å². The molecule has 2 rings (SSSR count). The topological polar surface area (TPSA) is 59.5 Å². The Balaban J connectivity index is 2.36. The Kier molecular flexibility index (Phi) is 4.24. The molecule has 5 nitrogen and oxygen atoms in total. The van der Waals surface area contributed by atoms with Gasteiger partial charge in [-0.1, -0.05) is 26.7 Å². The lowest BCUT2D eigenvalue weighted by Crippen LogP contribution is -2.30. The van der Waals surface area contributed by atoms with E-state index in [0.717, 1.165) is 24.6 Å². The van der Waals surface area contributed by atoms with Crippen LogP contribution in [0.15, 0.2) is 18.6 Å². The number of hydrogen-bond acceptors (Lipinski definition) is 4. The maximum absolute atomic E-state index is 5.89. The molecular formula is C14H23N5. The van der Waals surface area contributed by atoms with E-state index in [1.54, 1.807) is 12.4 Å². The zero-order valence-corrected chi connectivity index (χ0v) is 12.0. The number of nitrogens with zero attached hydrogens (tertiary/aromatic N) is 4. The van der Waals surface area contributed by atoms with Crippen LogP contribution < -0.4 is 10.6 Å². The molecule has 2 N–H and O–H groups in total. The molecule has 2 aromatic heterocycles. The Labute approximate surface area is 114 Å². The van der Waals surface area contributed by atoms with Gasteiger partial charge < -0.3 is 15.0 Å². The zero-order chi connectivity index (χ0) is 13.8. The van der Waals surface area contributed by atoms with Crippen LogP contribution >= 0.6 is 0 Å². The molecule has 0 aliphatic heterocycles. The van der Waals surface area contributed by atoms with Gasteiger partial charge in [-0.05, 0) is 12.8 Å². The first-order chi connectivity index (χ1) is 9.19. The summed E-state index contributed by atoms with van der Waals surface area (Å²) in [7, 11) is 0. The highest BCUT2D eigenvalue weighted by atomic mass is 15.2. The van der Waals surface area contributed by atoms with E-state index < -0.39 is 0 Å². The quantitative estimate of drug-likeness (QED) is 0.868. The molecule has 0 fully saturated rings. The van der Waals surface area contributed by atoms with Crippen LogP contribution in [-0.4, -0.2) is 27.5 Å². The highest BCUT2D eigenvalue weighted by Gasteiger charge is 2.16. The Hall–Kier alpha value is -1.78. The molecule has 5 heteroatoms. The van der Waals surface area contributed by atoms with Crippen LogP contribution in [0.3, 0.4) is 0 Å². The third-order valence-corrected chi connectivity index (χ3v) is 3.69. The fourth-order valence-corrected chi connectivity index (χ4v) is 2.37. The van der Waals surface area contributed by atoms with Gasteiger partial charge >= 0.3 is 0 Å². The van der Waals surface area contributed by atoms with Gasteiger partial charge in [-0.3, -0.25) is 0 Å². The van der Waals surface area contributed by atoms with E-state index in [-0.39, 0.29) is 0 Å². The molecule has 104 valence electrons. The van der Waals surface area contributed by atoms with Gasteiger partial charge in [0.15, 0.2) is 11.5 Å². The third-order valence-electron chi connectivity index (χ3n) is 3.69. The van der Waals surface area contributed by atoms with Gasteiger partial charge in [0.05, 0.1) is 6.20 Å². The average molecular weight is 261 g/mol. The van der Waals surface area contributed by atoms with E-state index >= 15 is 0 Å². The molecule has 2 aromatic rings. The van der Waals surface area contributed by atoms with E-state index in [4.69, 9.17) is 5.73 Å². The van der Waals surface area contributed by atoms with E-state index in [0.29, 0.717) is 11.7 Å². The number of aromatic nitrogens is 3. The van der Waals surface area contributed by atoms with Crippen LogP contribution in [0.2, 0.25) is 0 Å². The first kappa shape index (κ1) is 13.6. The largest absolute Gasteiger partial charge is 0.382 e. The van der Waals surface area contributed by atoms with Crippen molar-refractivity contribution in [3.63, 3.8) is 0 Å². The molecule has 0 amide bonds. The SMILES string of the molecule is CCC(CC)CN(CC)c1nc(N)cn2ccnc12. The van der Waals surface area contributed by atoms with E-state index in [2.05, 4.69) is 35.6 Å². The van der Waals surface area contributed by atoms with Crippen LogP contribution in [0.1, 0.15) is 33.6 Å². The van der Waals surface area contributed by atoms with Crippen LogP contribution in [0.5, 0.6) is 0 Å². The predicted octanol–water partition coefficient (Wildman–Crippen LogP) is 2.57. The molecule has 0 aliphatic carbocycles. The number of nitrogen functional groups attached to an aromatic ring is 1. The Morgan fingerprint density at radius 3 is 2.68 bits per heavy atom. The minimum atomic E-state index is 0.531. The molecule has 0 spiro atoms. The summed E-state index contributed by atoms with van der Waals surface area (Å²) < 4.78 is 1.94. The molecule has 0 radical (unpaired) electrons. The van der Waals surface area contributed by atoms with Crippen LogP contribution in [0, 0.1) is 5.92 Å². The fraction of sp³-hybridized carbons (Fsp3) is 0.571. The first-order valence-corrected chi connectivity index (χ1v) is 7.03. The Morgan fingerprint density at radius 1 is 1.32 bits per heavy atom. The molecule has 19 heavy (non-hydrogen) atoms. The second-order valence-electron chi connectivity index (χ2n) is 4.87. The number of hydrogen-bond donors (Lipinski definition) is 1. The highest BCUT2D eigenvalue weighted by molar-refractivity contribution is 5.66. The summed E-state index contributed by atoms with van der Waals surface area (Å²) in [6.45, 7) is 8.53. The maximum Gasteiger partial charge on any atom is 0.180 e. The van der Waals surface area contributed by atoms with Gasteiger partial charge in [-0.25, -0.2) is 9.97 Å². The normalized spacial score (nSPS) is 11.4. The van der Waals surface area contributed by atoms with Gasteiger partial charge in [-0.2, -0.15) is 0 Å². The second-order valence-corrected chi connectivity index (χ2v) is 4.87.